The van der Waals surface area contributed by atoms with Crippen molar-refractivity contribution in [3.05, 3.63) is 35.6 Å². The number of H-pyrrole nitrogens is 1. The van der Waals surface area contributed by atoms with Crippen LogP contribution < -0.4 is 5.73 Å². The fraction of sp³-hybridized carbons (Fsp3) is 0.231. The summed E-state index contributed by atoms with van der Waals surface area (Å²) in [7, 11) is 0. The summed E-state index contributed by atoms with van der Waals surface area (Å²) in [4.78, 5) is 12.0. The second kappa shape index (κ2) is 4.51. The minimum Gasteiger partial charge on any atom is -0.345 e. The topological polar surface area (TPSA) is 67.6 Å². The van der Waals surface area contributed by atoms with E-state index in [4.69, 9.17) is 5.73 Å². The lowest BCUT2D eigenvalue weighted by Crippen LogP contribution is -2.08. The highest BCUT2D eigenvalue weighted by molar-refractivity contribution is 7.13. The summed E-state index contributed by atoms with van der Waals surface area (Å²) < 4.78 is 0. The Hall–Kier alpha value is -1.72. The smallest absolute Gasteiger partial charge is 0.123 e. The van der Waals surface area contributed by atoms with E-state index >= 15 is 0 Å². The summed E-state index contributed by atoms with van der Waals surface area (Å²) in [5, 5.41) is 3.12. The van der Waals surface area contributed by atoms with Crippen LogP contribution >= 0.6 is 11.3 Å². The van der Waals surface area contributed by atoms with Gasteiger partial charge in [-0.2, -0.15) is 0 Å². The van der Waals surface area contributed by atoms with Gasteiger partial charge in [0, 0.05) is 23.4 Å². The van der Waals surface area contributed by atoms with E-state index in [2.05, 4.69) is 39.4 Å². The zero-order valence-corrected chi connectivity index (χ0v) is 10.9. The van der Waals surface area contributed by atoms with Crippen molar-refractivity contribution < 1.29 is 0 Å². The number of nitrogens with zero attached hydrogens (tertiary/aromatic N) is 2. The summed E-state index contributed by atoms with van der Waals surface area (Å²) >= 11 is 1.66. The third kappa shape index (κ3) is 1.91. The molecule has 5 heteroatoms. The maximum Gasteiger partial charge on any atom is 0.123 e. The van der Waals surface area contributed by atoms with Crippen molar-refractivity contribution in [2.75, 3.05) is 6.54 Å². The molecule has 0 aliphatic carbocycles. The van der Waals surface area contributed by atoms with Crippen molar-refractivity contribution in [3.8, 4) is 10.6 Å². The Labute approximate surface area is 109 Å². The highest BCUT2D eigenvalue weighted by atomic mass is 32.1. The molecule has 2 heterocycles. The highest BCUT2D eigenvalue weighted by Crippen LogP contribution is 2.28. The van der Waals surface area contributed by atoms with E-state index in [1.807, 2.05) is 6.07 Å². The Morgan fingerprint density at radius 3 is 3.17 bits per heavy atom. The van der Waals surface area contributed by atoms with Crippen LogP contribution in [0.4, 0.5) is 0 Å². The molecule has 4 nitrogen and oxygen atoms in total. The van der Waals surface area contributed by atoms with Crippen LogP contribution in [0.15, 0.2) is 29.9 Å². The van der Waals surface area contributed by atoms with Crippen molar-refractivity contribution in [3.63, 3.8) is 0 Å². The summed E-state index contributed by atoms with van der Waals surface area (Å²) in [6.45, 7) is 2.72. The number of nitrogens with two attached hydrogens (primary N) is 1. The maximum absolute atomic E-state index is 5.66. The molecule has 0 amide bonds. The number of hydrogen-bond donors (Lipinski definition) is 2. The van der Waals surface area contributed by atoms with Crippen LogP contribution in [0.1, 0.15) is 18.5 Å². The van der Waals surface area contributed by atoms with Crippen LogP contribution in [0.3, 0.4) is 0 Å². The molecule has 0 aliphatic rings. The van der Waals surface area contributed by atoms with Gasteiger partial charge in [-0.1, -0.05) is 6.92 Å². The van der Waals surface area contributed by atoms with Crippen LogP contribution in [0, 0.1) is 0 Å². The molecular weight excluding hydrogens is 244 g/mol. The van der Waals surface area contributed by atoms with Gasteiger partial charge < -0.3 is 10.7 Å². The van der Waals surface area contributed by atoms with Gasteiger partial charge in [0.2, 0.25) is 0 Å². The van der Waals surface area contributed by atoms with Gasteiger partial charge in [0.15, 0.2) is 0 Å². The Balaban J connectivity index is 2.00. The average molecular weight is 258 g/mol. The second-order valence-electron chi connectivity index (χ2n) is 4.35. The first-order chi connectivity index (χ1) is 8.78. The molecule has 1 unspecified atom stereocenters. The monoisotopic (exact) mass is 258 g/mol. The molecule has 1 aromatic carbocycles. The molecule has 0 fully saturated rings. The van der Waals surface area contributed by atoms with Crippen LogP contribution in [0.5, 0.6) is 0 Å². The van der Waals surface area contributed by atoms with E-state index in [9.17, 15) is 0 Å². The lowest BCUT2D eigenvalue weighted by atomic mass is 10.1. The molecule has 0 aliphatic heterocycles. The number of imidazole rings is 1. The summed E-state index contributed by atoms with van der Waals surface area (Å²) in [6, 6.07) is 6.14. The van der Waals surface area contributed by atoms with Crippen molar-refractivity contribution >= 4 is 22.4 Å². The molecule has 0 saturated heterocycles. The fourth-order valence-electron chi connectivity index (χ4n) is 1.83. The first kappa shape index (κ1) is 11.4. The van der Waals surface area contributed by atoms with Crippen molar-refractivity contribution in [1.29, 1.82) is 0 Å². The molecule has 0 radical (unpaired) electrons. The van der Waals surface area contributed by atoms with Crippen molar-refractivity contribution in [2.24, 2.45) is 5.73 Å². The van der Waals surface area contributed by atoms with E-state index in [0.29, 0.717) is 12.5 Å². The quantitative estimate of drug-likeness (QED) is 0.759. The summed E-state index contributed by atoms with van der Waals surface area (Å²) in [5.74, 6) is 0.311. The van der Waals surface area contributed by atoms with Gasteiger partial charge in [-0.15, -0.1) is 11.3 Å². The summed E-state index contributed by atoms with van der Waals surface area (Å²) in [6.07, 6.45) is 1.71. The zero-order chi connectivity index (χ0) is 12.5. The molecule has 0 saturated carbocycles. The molecule has 2 aromatic heterocycles. The van der Waals surface area contributed by atoms with Crippen LogP contribution in [0.25, 0.3) is 21.6 Å². The fourth-order valence-corrected chi connectivity index (χ4v) is 2.77. The predicted octanol–water partition coefficient (Wildman–Crippen LogP) is 2.75. The first-order valence-corrected chi connectivity index (χ1v) is 6.75. The Morgan fingerprint density at radius 1 is 1.44 bits per heavy atom. The normalized spacial score (nSPS) is 13.0. The second-order valence-corrected chi connectivity index (χ2v) is 5.21. The Morgan fingerprint density at radius 2 is 2.33 bits per heavy atom. The largest absolute Gasteiger partial charge is 0.345 e. The standard InChI is InChI=1S/C13H14N4S/c1-8(5-14)12-6-18-13(17-12)9-2-3-10-11(4-9)16-7-15-10/h2-4,6-8H,5,14H2,1H3,(H,15,16). The first-order valence-electron chi connectivity index (χ1n) is 5.87. The number of aromatic amines is 1. The van der Waals surface area contributed by atoms with Gasteiger partial charge >= 0.3 is 0 Å². The molecule has 3 N–H and O–H groups in total. The van der Waals surface area contributed by atoms with Crippen LogP contribution in [0.2, 0.25) is 0 Å². The third-order valence-electron chi connectivity index (χ3n) is 3.05. The van der Waals surface area contributed by atoms with E-state index < -0.39 is 0 Å². The molecule has 18 heavy (non-hydrogen) atoms. The number of nitrogens with one attached hydrogen (secondary N) is 1. The number of fused-ring (bicyclic) bond motifs is 1. The summed E-state index contributed by atoms with van der Waals surface area (Å²) in [5.41, 5.74) is 9.87. The predicted molar refractivity (Wildman–Crippen MR) is 74.7 cm³/mol. The number of benzene rings is 1. The van der Waals surface area contributed by atoms with E-state index in [-0.39, 0.29) is 0 Å². The van der Waals surface area contributed by atoms with Crippen molar-refractivity contribution in [1.82, 2.24) is 15.0 Å². The molecule has 0 bridgehead atoms. The van der Waals surface area contributed by atoms with E-state index in [1.165, 1.54) is 0 Å². The lowest BCUT2D eigenvalue weighted by Gasteiger charge is -2.02. The molecule has 3 rings (SSSR count). The Bertz CT molecular complexity index is 670. The van der Waals surface area contributed by atoms with Crippen LogP contribution in [-0.4, -0.2) is 21.5 Å². The van der Waals surface area contributed by atoms with Crippen molar-refractivity contribution in [2.45, 2.75) is 12.8 Å². The molecule has 3 aromatic rings. The molecule has 0 spiro atoms. The van der Waals surface area contributed by atoms with Gasteiger partial charge in [-0.25, -0.2) is 9.97 Å². The van der Waals surface area contributed by atoms with Gasteiger partial charge in [0.05, 0.1) is 23.1 Å². The number of rotatable bonds is 3. The number of thiazole rings is 1. The minimum absolute atomic E-state index is 0.311. The molecule has 92 valence electrons. The van der Waals surface area contributed by atoms with E-state index in [1.54, 1.807) is 17.7 Å². The lowest BCUT2D eigenvalue weighted by molar-refractivity contribution is 0.752. The van der Waals surface area contributed by atoms with Gasteiger partial charge in [0.25, 0.3) is 0 Å². The van der Waals surface area contributed by atoms with Gasteiger partial charge in [0.1, 0.15) is 5.01 Å². The zero-order valence-electron chi connectivity index (χ0n) is 10.1. The van der Waals surface area contributed by atoms with E-state index in [0.717, 1.165) is 27.3 Å². The van der Waals surface area contributed by atoms with Gasteiger partial charge in [-0.3, -0.25) is 0 Å². The number of hydrogen-bond acceptors (Lipinski definition) is 4. The van der Waals surface area contributed by atoms with Crippen LogP contribution in [-0.2, 0) is 0 Å². The van der Waals surface area contributed by atoms with Gasteiger partial charge in [-0.05, 0) is 18.2 Å². The molecular formula is C13H14N4S. The third-order valence-corrected chi connectivity index (χ3v) is 3.96. The SMILES string of the molecule is CC(CN)c1csc(-c2ccc3nc[nH]c3c2)n1. The Kier molecular flexibility index (Phi) is 2.85. The highest BCUT2D eigenvalue weighted by Gasteiger charge is 2.10. The average Bonchev–Trinajstić information content (AvgIpc) is 3.05. The number of aromatic nitrogens is 3. The molecule has 1 atom stereocenters. The minimum atomic E-state index is 0.311. The maximum atomic E-state index is 5.66.